The van der Waals surface area contributed by atoms with E-state index < -0.39 is 36.0 Å². The van der Waals surface area contributed by atoms with Crippen molar-refractivity contribution in [2.24, 2.45) is 0 Å². The third-order valence-corrected chi connectivity index (χ3v) is 6.80. The molecule has 2 N–H and O–H groups in total. The molecule has 2 aliphatic rings. The number of ether oxygens (including phenoxy) is 2. The van der Waals surface area contributed by atoms with E-state index in [1.165, 1.54) is 21.9 Å². The van der Waals surface area contributed by atoms with Gasteiger partial charge in [-0.15, -0.1) is 0 Å². The monoisotopic (exact) mass is 495 g/mol. The molecule has 5 rings (SSSR count). The minimum Gasteiger partial charge on any atom is -0.445 e. The molecule has 2 aliphatic heterocycles. The SMILES string of the molecule is CC(C)(C)OC(=O)N1CC(O)C2C1[C@H](c1c[nH]c3cc(F)ccc13)CN2C(=O)OCc1ccccc1. The number of aliphatic hydroxyl groups excluding tert-OH is 1. The number of aliphatic hydroxyl groups is 1. The molecule has 1 aromatic heterocycles. The highest BCUT2D eigenvalue weighted by Gasteiger charge is 2.57. The molecule has 0 aliphatic carbocycles. The van der Waals surface area contributed by atoms with Crippen LogP contribution in [0.15, 0.2) is 54.7 Å². The van der Waals surface area contributed by atoms with Crippen molar-refractivity contribution in [1.29, 1.82) is 0 Å². The minimum atomic E-state index is -0.973. The molecular weight excluding hydrogens is 465 g/mol. The summed E-state index contributed by atoms with van der Waals surface area (Å²) in [4.78, 5) is 32.5. The van der Waals surface area contributed by atoms with Crippen molar-refractivity contribution < 1.29 is 28.6 Å². The number of β-amino-alcohol motifs (C(OH)–C–C–N with tert-alkyl or cyclic N) is 1. The molecule has 0 saturated carbocycles. The zero-order valence-corrected chi connectivity index (χ0v) is 20.5. The molecule has 0 bridgehead atoms. The number of aromatic amines is 1. The summed E-state index contributed by atoms with van der Waals surface area (Å²) < 4.78 is 25.0. The highest BCUT2D eigenvalue weighted by atomic mass is 19.1. The van der Waals surface area contributed by atoms with Crippen molar-refractivity contribution in [1.82, 2.24) is 14.8 Å². The van der Waals surface area contributed by atoms with Crippen LogP contribution in [-0.4, -0.2) is 69.0 Å². The molecule has 9 heteroatoms. The Kier molecular flexibility index (Phi) is 6.12. The Balaban J connectivity index is 1.48. The van der Waals surface area contributed by atoms with Gasteiger partial charge in [-0.2, -0.15) is 0 Å². The van der Waals surface area contributed by atoms with E-state index in [0.717, 1.165) is 16.5 Å². The normalized spacial score (nSPS) is 23.7. The Bertz CT molecular complexity index is 1270. The number of aromatic nitrogens is 1. The molecule has 3 heterocycles. The molecule has 3 aromatic rings. The molecule has 0 radical (unpaired) electrons. The fourth-order valence-corrected chi connectivity index (χ4v) is 5.36. The van der Waals surface area contributed by atoms with Crippen molar-refractivity contribution in [3.8, 4) is 0 Å². The second-order valence-corrected chi connectivity index (χ2v) is 10.4. The second-order valence-electron chi connectivity index (χ2n) is 10.4. The van der Waals surface area contributed by atoms with Crippen LogP contribution < -0.4 is 0 Å². The Hall–Kier alpha value is -3.59. The summed E-state index contributed by atoms with van der Waals surface area (Å²) in [6.45, 7) is 5.69. The molecule has 0 spiro atoms. The molecule has 4 atom stereocenters. The van der Waals surface area contributed by atoms with Gasteiger partial charge in [-0.25, -0.2) is 14.0 Å². The molecule has 2 saturated heterocycles. The second kappa shape index (κ2) is 9.13. The Morgan fingerprint density at radius 3 is 2.50 bits per heavy atom. The number of amides is 2. The maximum atomic E-state index is 13.8. The van der Waals surface area contributed by atoms with Crippen LogP contribution in [0, 0.1) is 5.82 Å². The van der Waals surface area contributed by atoms with Crippen molar-refractivity contribution in [3.63, 3.8) is 0 Å². The van der Waals surface area contributed by atoms with Gasteiger partial charge in [-0.05, 0) is 50.1 Å². The molecular formula is C27H30FN3O5. The van der Waals surface area contributed by atoms with E-state index in [9.17, 15) is 19.1 Å². The van der Waals surface area contributed by atoms with Gasteiger partial charge in [0, 0.05) is 29.6 Å². The summed E-state index contributed by atoms with van der Waals surface area (Å²) in [6, 6.07) is 12.6. The van der Waals surface area contributed by atoms with Gasteiger partial charge < -0.3 is 19.6 Å². The number of nitrogens with zero attached hydrogens (tertiary/aromatic N) is 2. The first kappa shape index (κ1) is 24.1. The average molecular weight is 496 g/mol. The number of H-pyrrole nitrogens is 1. The third kappa shape index (κ3) is 4.51. The summed E-state index contributed by atoms with van der Waals surface area (Å²) in [5, 5.41) is 11.8. The summed E-state index contributed by atoms with van der Waals surface area (Å²) in [6.07, 6.45) is -0.306. The Morgan fingerprint density at radius 2 is 1.78 bits per heavy atom. The van der Waals surface area contributed by atoms with Crippen LogP contribution in [0.25, 0.3) is 10.9 Å². The van der Waals surface area contributed by atoms with E-state index in [1.54, 1.807) is 33.0 Å². The number of halogens is 1. The van der Waals surface area contributed by atoms with E-state index in [2.05, 4.69) is 4.98 Å². The van der Waals surface area contributed by atoms with Crippen molar-refractivity contribution >= 4 is 23.1 Å². The van der Waals surface area contributed by atoms with E-state index >= 15 is 0 Å². The molecule has 3 unspecified atom stereocenters. The average Bonchev–Trinajstić information content (AvgIpc) is 3.50. The molecule has 190 valence electrons. The van der Waals surface area contributed by atoms with Gasteiger partial charge >= 0.3 is 12.2 Å². The lowest BCUT2D eigenvalue weighted by atomic mass is 9.91. The number of benzene rings is 2. The smallest absolute Gasteiger partial charge is 0.410 e. The summed E-state index contributed by atoms with van der Waals surface area (Å²) >= 11 is 0. The Morgan fingerprint density at radius 1 is 1.06 bits per heavy atom. The molecule has 2 fully saturated rings. The number of carbonyl (C=O) groups is 2. The van der Waals surface area contributed by atoms with Crippen molar-refractivity contribution in [2.45, 2.75) is 57.1 Å². The lowest BCUT2D eigenvalue weighted by molar-refractivity contribution is 0.0197. The van der Waals surface area contributed by atoms with Crippen LogP contribution in [0.4, 0.5) is 14.0 Å². The molecule has 8 nitrogen and oxygen atoms in total. The number of rotatable bonds is 3. The van der Waals surface area contributed by atoms with Gasteiger partial charge in [0.1, 0.15) is 18.0 Å². The van der Waals surface area contributed by atoms with Gasteiger partial charge in [0.25, 0.3) is 0 Å². The van der Waals surface area contributed by atoms with Gasteiger partial charge in [0.05, 0.1) is 24.7 Å². The van der Waals surface area contributed by atoms with Crippen LogP contribution in [-0.2, 0) is 16.1 Å². The van der Waals surface area contributed by atoms with E-state index in [1.807, 2.05) is 30.3 Å². The Labute approximate surface area is 208 Å². The summed E-state index contributed by atoms with van der Waals surface area (Å²) in [7, 11) is 0. The quantitative estimate of drug-likeness (QED) is 0.562. The predicted octanol–water partition coefficient (Wildman–Crippen LogP) is 4.39. The summed E-state index contributed by atoms with van der Waals surface area (Å²) in [5.41, 5.74) is 1.58. The van der Waals surface area contributed by atoms with Crippen LogP contribution in [0.2, 0.25) is 0 Å². The number of fused-ring (bicyclic) bond motifs is 2. The van der Waals surface area contributed by atoms with Gasteiger partial charge in [-0.1, -0.05) is 30.3 Å². The third-order valence-electron chi connectivity index (χ3n) is 6.80. The topological polar surface area (TPSA) is 95.1 Å². The van der Waals surface area contributed by atoms with Crippen molar-refractivity contribution in [2.75, 3.05) is 13.1 Å². The van der Waals surface area contributed by atoms with Crippen LogP contribution >= 0.6 is 0 Å². The van der Waals surface area contributed by atoms with Gasteiger partial charge in [0.2, 0.25) is 0 Å². The maximum Gasteiger partial charge on any atom is 0.410 e. The van der Waals surface area contributed by atoms with Crippen LogP contribution in [0.5, 0.6) is 0 Å². The van der Waals surface area contributed by atoms with Crippen LogP contribution in [0.1, 0.15) is 37.8 Å². The zero-order chi connectivity index (χ0) is 25.6. The number of hydrogen-bond donors (Lipinski definition) is 2. The van der Waals surface area contributed by atoms with E-state index in [0.29, 0.717) is 5.52 Å². The number of nitrogens with one attached hydrogen (secondary N) is 1. The summed E-state index contributed by atoms with van der Waals surface area (Å²) in [5.74, 6) is -0.707. The zero-order valence-electron chi connectivity index (χ0n) is 20.5. The van der Waals surface area contributed by atoms with E-state index in [-0.39, 0.29) is 31.4 Å². The van der Waals surface area contributed by atoms with Crippen LogP contribution in [0.3, 0.4) is 0 Å². The molecule has 2 aromatic carbocycles. The minimum absolute atomic E-state index is 0.0280. The lowest BCUT2D eigenvalue weighted by Crippen LogP contribution is -2.46. The lowest BCUT2D eigenvalue weighted by Gasteiger charge is -2.30. The molecule has 2 amide bonds. The first-order valence-electron chi connectivity index (χ1n) is 12.0. The standard InChI is InChI=1S/C27H30FN3O5/c1-27(2,3)36-26(34)31-14-22(32)24-23(31)20(19-12-29-21-11-17(28)9-10-18(19)21)13-30(24)25(33)35-15-16-7-5-4-6-8-16/h4-12,20,22-24,29,32H,13-15H2,1-3H3/t20-,22?,23?,24?/m0/s1. The highest BCUT2D eigenvalue weighted by Crippen LogP contribution is 2.44. The fourth-order valence-electron chi connectivity index (χ4n) is 5.36. The maximum absolute atomic E-state index is 13.8. The van der Waals surface area contributed by atoms with Crippen molar-refractivity contribution in [3.05, 3.63) is 71.7 Å². The van der Waals surface area contributed by atoms with Gasteiger partial charge in [0.15, 0.2) is 0 Å². The number of carbonyl (C=O) groups excluding carboxylic acids is 2. The first-order valence-corrected chi connectivity index (χ1v) is 12.0. The number of likely N-dealkylation sites (tertiary alicyclic amines) is 2. The van der Waals surface area contributed by atoms with E-state index in [4.69, 9.17) is 9.47 Å². The first-order chi connectivity index (χ1) is 17.1. The van der Waals surface area contributed by atoms with Gasteiger partial charge in [-0.3, -0.25) is 9.80 Å². The highest BCUT2D eigenvalue weighted by molar-refractivity contribution is 5.84. The largest absolute Gasteiger partial charge is 0.445 e. The fraction of sp³-hybridized carbons (Fsp3) is 0.407. The number of hydrogen-bond acceptors (Lipinski definition) is 5. The predicted molar refractivity (Wildman–Crippen MR) is 131 cm³/mol. The molecule has 36 heavy (non-hydrogen) atoms.